The van der Waals surface area contributed by atoms with Crippen molar-refractivity contribution < 1.29 is 9.53 Å². The molecule has 1 aliphatic rings. The van der Waals surface area contributed by atoms with Crippen molar-refractivity contribution in [2.45, 2.75) is 12.8 Å². The molecule has 0 aliphatic carbocycles. The van der Waals surface area contributed by atoms with Gasteiger partial charge in [0.15, 0.2) is 6.29 Å². The van der Waals surface area contributed by atoms with Gasteiger partial charge in [0.1, 0.15) is 5.75 Å². The van der Waals surface area contributed by atoms with E-state index in [1.165, 1.54) is 12.8 Å². The molecule has 1 aromatic carbocycles. The highest BCUT2D eigenvalue weighted by Crippen LogP contribution is 2.24. The number of hydrogen-bond acceptors (Lipinski definition) is 3. The van der Waals surface area contributed by atoms with E-state index in [9.17, 15) is 4.79 Å². The van der Waals surface area contributed by atoms with Gasteiger partial charge in [0.2, 0.25) is 0 Å². The van der Waals surface area contributed by atoms with Gasteiger partial charge >= 0.3 is 0 Å². The van der Waals surface area contributed by atoms with E-state index in [0.29, 0.717) is 23.8 Å². The van der Waals surface area contributed by atoms with Crippen molar-refractivity contribution in [3.8, 4) is 5.75 Å². The van der Waals surface area contributed by atoms with Crippen LogP contribution in [0.25, 0.3) is 0 Å². The molecule has 4 heteroatoms. The third-order valence-electron chi connectivity index (χ3n) is 3.42. The number of benzene rings is 1. The fourth-order valence-corrected chi connectivity index (χ4v) is 2.51. The van der Waals surface area contributed by atoms with E-state index in [1.54, 1.807) is 6.07 Å². The van der Waals surface area contributed by atoms with Crippen LogP contribution in [0.5, 0.6) is 5.75 Å². The Morgan fingerprint density at radius 3 is 2.83 bits per heavy atom. The number of rotatable bonds is 4. The molecule has 0 radical (unpaired) electrons. The monoisotopic (exact) mass is 311 g/mol. The quantitative estimate of drug-likeness (QED) is 0.801. The number of nitrogens with zero attached hydrogens (tertiary/aromatic N) is 1. The molecule has 18 heavy (non-hydrogen) atoms. The van der Waals surface area contributed by atoms with Crippen molar-refractivity contribution in [1.82, 2.24) is 4.90 Å². The van der Waals surface area contributed by atoms with Crippen LogP contribution in [-0.2, 0) is 0 Å². The molecule has 0 aromatic heterocycles. The predicted molar refractivity (Wildman–Crippen MR) is 75.2 cm³/mol. The van der Waals surface area contributed by atoms with Gasteiger partial charge in [-0.15, -0.1) is 0 Å². The van der Waals surface area contributed by atoms with Crippen LogP contribution in [0.15, 0.2) is 22.7 Å². The number of piperidine rings is 1. The van der Waals surface area contributed by atoms with Gasteiger partial charge in [-0.25, -0.2) is 0 Å². The lowest BCUT2D eigenvalue weighted by Crippen LogP contribution is -2.32. The molecule has 1 heterocycles. The van der Waals surface area contributed by atoms with Crippen LogP contribution in [0.4, 0.5) is 0 Å². The minimum Gasteiger partial charge on any atom is -0.493 e. The minimum atomic E-state index is 0.597. The molecule has 1 aromatic rings. The first kappa shape index (κ1) is 13.6. The average molecular weight is 312 g/mol. The maximum Gasteiger partial charge on any atom is 0.153 e. The molecule has 98 valence electrons. The summed E-state index contributed by atoms with van der Waals surface area (Å²) in [6.45, 7) is 2.96. The Labute approximate surface area is 116 Å². The Morgan fingerprint density at radius 1 is 1.44 bits per heavy atom. The second-order valence-corrected chi connectivity index (χ2v) is 5.77. The van der Waals surface area contributed by atoms with Crippen molar-refractivity contribution in [3.05, 3.63) is 28.2 Å². The summed E-state index contributed by atoms with van der Waals surface area (Å²) >= 11 is 3.40. The molecule has 0 atom stereocenters. The standard InChI is InChI=1S/C14H18BrNO2/c1-16-6-4-11(5-7-16)10-18-14-8-13(15)3-2-12(14)9-17/h2-3,8-9,11H,4-7,10H2,1H3. The zero-order valence-corrected chi connectivity index (χ0v) is 12.1. The van der Waals surface area contributed by atoms with Gasteiger partial charge in [-0.3, -0.25) is 4.79 Å². The highest BCUT2D eigenvalue weighted by molar-refractivity contribution is 9.10. The predicted octanol–water partition coefficient (Wildman–Crippen LogP) is 2.98. The van der Waals surface area contributed by atoms with Gasteiger partial charge in [-0.2, -0.15) is 0 Å². The summed E-state index contributed by atoms with van der Waals surface area (Å²) in [5.74, 6) is 1.28. The Bertz CT molecular complexity index is 414. The van der Waals surface area contributed by atoms with E-state index in [1.807, 2.05) is 12.1 Å². The number of aldehydes is 1. The van der Waals surface area contributed by atoms with Crippen molar-refractivity contribution in [1.29, 1.82) is 0 Å². The Balaban J connectivity index is 1.93. The van der Waals surface area contributed by atoms with Crippen molar-refractivity contribution in [2.75, 3.05) is 26.7 Å². The summed E-state index contributed by atoms with van der Waals surface area (Å²) in [5, 5.41) is 0. The number of hydrogen-bond donors (Lipinski definition) is 0. The lowest BCUT2D eigenvalue weighted by atomic mass is 9.98. The van der Waals surface area contributed by atoms with Crippen LogP contribution < -0.4 is 4.74 Å². The van der Waals surface area contributed by atoms with Gasteiger partial charge < -0.3 is 9.64 Å². The summed E-state index contributed by atoms with van der Waals surface area (Å²) in [7, 11) is 2.15. The van der Waals surface area contributed by atoms with Crippen LogP contribution in [-0.4, -0.2) is 37.9 Å². The first-order valence-corrected chi connectivity index (χ1v) is 7.04. The summed E-state index contributed by atoms with van der Waals surface area (Å²) in [5.41, 5.74) is 0.617. The first-order chi connectivity index (χ1) is 8.69. The topological polar surface area (TPSA) is 29.5 Å². The summed E-state index contributed by atoms with van der Waals surface area (Å²) in [6.07, 6.45) is 3.18. The Morgan fingerprint density at radius 2 is 2.17 bits per heavy atom. The SMILES string of the molecule is CN1CCC(COc2cc(Br)ccc2C=O)CC1. The minimum absolute atomic E-state index is 0.597. The van der Waals surface area contributed by atoms with E-state index in [2.05, 4.69) is 27.9 Å². The summed E-state index contributed by atoms with van der Waals surface area (Å²) in [4.78, 5) is 13.3. The lowest BCUT2D eigenvalue weighted by Gasteiger charge is -2.28. The number of carbonyl (C=O) groups is 1. The fraction of sp³-hybridized carbons (Fsp3) is 0.500. The van der Waals surface area contributed by atoms with Crippen LogP contribution in [0.2, 0.25) is 0 Å². The second kappa shape index (κ2) is 6.34. The second-order valence-electron chi connectivity index (χ2n) is 4.86. The molecule has 3 nitrogen and oxygen atoms in total. The smallest absolute Gasteiger partial charge is 0.153 e. The third-order valence-corrected chi connectivity index (χ3v) is 3.91. The number of halogens is 1. The van der Waals surface area contributed by atoms with E-state index in [0.717, 1.165) is 23.8 Å². The van der Waals surface area contributed by atoms with Crippen LogP contribution in [0.1, 0.15) is 23.2 Å². The zero-order valence-electron chi connectivity index (χ0n) is 10.6. The molecule has 2 rings (SSSR count). The molecule has 1 fully saturated rings. The Kier molecular flexibility index (Phi) is 4.78. The molecular weight excluding hydrogens is 294 g/mol. The Hall–Kier alpha value is -0.870. The molecule has 0 spiro atoms. The number of ether oxygens (including phenoxy) is 1. The molecule has 0 amide bonds. The highest BCUT2D eigenvalue weighted by atomic mass is 79.9. The van der Waals surface area contributed by atoms with Crippen LogP contribution in [0, 0.1) is 5.92 Å². The van der Waals surface area contributed by atoms with Gasteiger partial charge in [0.25, 0.3) is 0 Å². The highest BCUT2D eigenvalue weighted by Gasteiger charge is 2.17. The maximum absolute atomic E-state index is 10.9. The van der Waals surface area contributed by atoms with Crippen molar-refractivity contribution in [3.63, 3.8) is 0 Å². The van der Waals surface area contributed by atoms with E-state index in [-0.39, 0.29) is 0 Å². The van der Waals surface area contributed by atoms with Crippen LogP contribution in [0.3, 0.4) is 0 Å². The molecule has 0 unspecified atom stereocenters. The molecule has 1 saturated heterocycles. The van der Waals surface area contributed by atoms with E-state index < -0.39 is 0 Å². The molecular formula is C14H18BrNO2. The zero-order chi connectivity index (χ0) is 13.0. The fourth-order valence-electron chi connectivity index (χ4n) is 2.17. The van der Waals surface area contributed by atoms with Gasteiger partial charge in [0, 0.05) is 4.47 Å². The van der Waals surface area contributed by atoms with Crippen LogP contribution >= 0.6 is 15.9 Å². The molecule has 0 bridgehead atoms. The average Bonchev–Trinajstić information content (AvgIpc) is 2.38. The van der Waals surface area contributed by atoms with Crippen molar-refractivity contribution in [2.24, 2.45) is 5.92 Å². The first-order valence-electron chi connectivity index (χ1n) is 6.25. The molecule has 0 N–H and O–H groups in total. The lowest BCUT2D eigenvalue weighted by molar-refractivity contribution is 0.111. The molecule has 1 aliphatic heterocycles. The van der Waals surface area contributed by atoms with E-state index in [4.69, 9.17) is 4.74 Å². The normalized spacial score (nSPS) is 17.7. The van der Waals surface area contributed by atoms with E-state index >= 15 is 0 Å². The number of carbonyl (C=O) groups excluding carboxylic acids is 1. The molecule has 0 saturated carbocycles. The summed E-state index contributed by atoms with van der Waals surface area (Å²) in [6, 6.07) is 5.49. The van der Waals surface area contributed by atoms with Gasteiger partial charge in [-0.1, -0.05) is 15.9 Å². The number of likely N-dealkylation sites (tertiary alicyclic amines) is 1. The largest absolute Gasteiger partial charge is 0.493 e. The summed E-state index contributed by atoms with van der Waals surface area (Å²) < 4.78 is 6.74. The van der Waals surface area contributed by atoms with Gasteiger partial charge in [0.05, 0.1) is 12.2 Å². The maximum atomic E-state index is 10.9. The third kappa shape index (κ3) is 3.56. The van der Waals surface area contributed by atoms with Crippen molar-refractivity contribution >= 4 is 22.2 Å². The van der Waals surface area contributed by atoms with Gasteiger partial charge in [-0.05, 0) is 57.1 Å².